The molecule has 18 heavy (non-hydrogen) atoms. The molecular formula is C13H9N3O2. The first-order valence-corrected chi connectivity index (χ1v) is 5.40. The number of anilines is 2. The van der Waals surface area contributed by atoms with E-state index in [4.69, 9.17) is 4.42 Å². The molecule has 0 atom stereocenters. The van der Waals surface area contributed by atoms with Gasteiger partial charge in [0.2, 0.25) is 0 Å². The molecule has 0 saturated heterocycles. The molecular weight excluding hydrogens is 230 g/mol. The minimum absolute atomic E-state index is 0.159. The molecule has 0 aliphatic rings. The SMILES string of the molecule is O=c1oc(Nc2ccccc2)nc2cnccc12. The van der Waals surface area contributed by atoms with E-state index in [0.717, 1.165) is 5.69 Å². The van der Waals surface area contributed by atoms with E-state index >= 15 is 0 Å². The van der Waals surface area contributed by atoms with Gasteiger partial charge in [0.25, 0.3) is 0 Å². The van der Waals surface area contributed by atoms with Crippen LogP contribution in [0.5, 0.6) is 0 Å². The molecule has 0 aliphatic heterocycles. The summed E-state index contributed by atoms with van der Waals surface area (Å²) in [7, 11) is 0. The molecule has 0 spiro atoms. The Kier molecular flexibility index (Phi) is 2.49. The number of nitrogens with one attached hydrogen (secondary N) is 1. The molecule has 5 heteroatoms. The summed E-state index contributed by atoms with van der Waals surface area (Å²) >= 11 is 0. The number of hydrogen-bond acceptors (Lipinski definition) is 5. The van der Waals surface area contributed by atoms with Gasteiger partial charge >= 0.3 is 11.6 Å². The highest BCUT2D eigenvalue weighted by molar-refractivity contribution is 5.76. The first-order valence-electron chi connectivity index (χ1n) is 5.40. The Morgan fingerprint density at radius 2 is 1.94 bits per heavy atom. The van der Waals surface area contributed by atoms with Gasteiger partial charge in [0, 0.05) is 11.9 Å². The van der Waals surface area contributed by atoms with Gasteiger partial charge in [0.1, 0.15) is 5.52 Å². The molecule has 2 heterocycles. The summed E-state index contributed by atoms with van der Waals surface area (Å²) in [4.78, 5) is 19.8. The minimum Gasteiger partial charge on any atom is -0.388 e. The van der Waals surface area contributed by atoms with Crippen molar-refractivity contribution < 1.29 is 4.42 Å². The molecule has 88 valence electrons. The molecule has 0 unspecified atom stereocenters. The topological polar surface area (TPSA) is 68.0 Å². The average Bonchev–Trinajstić information content (AvgIpc) is 2.40. The van der Waals surface area contributed by atoms with Gasteiger partial charge in [0.05, 0.1) is 11.6 Å². The maximum absolute atomic E-state index is 11.7. The molecule has 0 fully saturated rings. The van der Waals surface area contributed by atoms with Crippen molar-refractivity contribution in [2.24, 2.45) is 0 Å². The maximum Gasteiger partial charge on any atom is 0.348 e. The third-order valence-corrected chi connectivity index (χ3v) is 2.46. The molecule has 0 amide bonds. The van der Waals surface area contributed by atoms with Crippen molar-refractivity contribution >= 4 is 22.6 Å². The van der Waals surface area contributed by atoms with Gasteiger partial charge in [-0.2, -0.15) is 4.98 Å². The fourth-order valence-corrected chi connectivity index (χ4v) is 1.62. The number of fused-ring (bicyclic) bond motifs is 1. The lowest BCUT2D eigenvalue weighted by molar-refractivity contribution is 0.522. The van der Waals surface area contributed by atoms with Gasteiger partial charge in [-0.1, -0.05) is 18.2 Å². The molecule has 5 nitrogen and oxygen atoms in total. The Morgan fingerprint density at radius 3 is 2.78 bits per heavy atom. The van der Waals surface area contributed by atoms with Crippen LogP contribution < -0.4 is 10.9 Å². The van der Waals surface area contributed by atoms with E-state index < -0.39 is 5.63 Å². The third kappa shape index (κ3) is 1.93. The van der Waals surface area contributed by atoms with Crippen LogP contribution in [-0.4, -0.2) is 9.97 Å². The molecule has 3 aromatic rings. The second-order valence-electron chi connectivity index (χ2n) is 3.69. The number of hydrogen-bond donors (Lipinski definition) is 1. The van der Waals surface area contributed by atoms with E-state index in [1.165, 1.54) is 12.4 Å². The summed E-state index contributed by atoms with van der Waals surface area (Å²) in [6.45, 7) is 0. The minimum atomic E-state index is -0.430. The summed E-state index contributed by atoms with van der Waals surface area (Å²) in [5, 5.41) is 3.35. The predicted molar refractivity (Wildman–Crippen MR) is 67.8 cm³/mol. The van der Waals surface area contributed by atoms with Crippen molar-refractivity contribution in [3.05, 3.63) is 59.2 Å². The highest BCUT2D eigenvalue weighted by Gasteiger charge is 2.05. The van der Waals surface area contributed by atoms with Crippen molar-refractivity contribution in [1.29, 1.82) is 0 Å². The number of pyridine rings is 1. The van der Waals surface area contributed by atoms with Gasteiger partial charge in [-0.15, -0.1) is 0 Å². The van der Waals surface area contributed by atoms with Crippen LogP contribution in [0.25, 0.3) is 10.9 Å². The van der Waals surface area contributed by atoms with Crippen molar-refractivity contribution in [3.8, 4) is 0 Å². The third-order valence-electron chi connectivity index (χ3n) is 2.46. The van der Waals surface area contributed by atoms with Crippen LogP contribution >= 0.6 is 0 Å². The Morgan fingerprint density at radius 1 is 1.11 bits per heavy atom. The largest absolute Gasteiger partial charge is 0.388 e. The number of benzene rings is 1. The Hall–Kier alpha value is -2.69. The Bertz CT molecular complexity index is 738. The Labute approximate surface area is 102 Å². The first-order chi connectivity index (χ1) is 8.83. The molecule has 0 saturated carbocycles. The zero-order valence-electron chi connectivity index (χ0n) is 9.33. The molecule has 0 aliphatic carbocycles. The van der Waals surface area contributed by atoms with Crippen molar-refractivity contribution in [1.82, 2.24) is 9.97 Å². The number of nitrogens with zero attached hydrogens (tertiary/aromatic N) is 2. The van der Waals surface area contributed by atoms with Crippen LogP contribution in [0.1, 0.15) is 0 Å². The zero-order valence-corrected chi connectivity index (χ0v) is 9.33. The standard InChI is InChI=1S/C13H9N3O2/c17-12-10-6-7-14-8-11(10)16-13(18-12)15-9-4-2-1-3-5-9/h1-8H,(H,15,16). The van der Waals surface area contributed by atoms with E-state index in [0.29, 0.717) is 10.9 Å². The van der Waals surface area contributed by atoms with Crippen molar-refractivity contribution in [2.45, 2.75) is 0 Å². The fraction of sp³-hybridized carbons (Fsp3) is 0. The molecule has 0 bridgehead atoms. The maximum atomic E-state index is 11.7. The first kappa shape index (κ1) is 10.5. The summed E-state index contributed by atoms with van der Waals surface area (Å²) in [6, 6.07) is 11.1. The van der Waals surface area contributed by atoms with E-state index in [9.17, 15) is 4.79 Å². The van der Waals surface area contributed by atoms with E-state index in [1.807, 2.05) is 30.3 Å². The van der Waals surface area contributed by atoms with Gasteiger partial charge in [-0.05, 0) is 18.2 Å². The van der Waals surface area contributed by atoms with Crippen LogP contribution in [-0.2, 0) is 0 Å². The van der Waals surface area contributed by atoms with E-state index in [2.05, 4.69) is 15.3 Å². The van der Waals surface area contributed by atoms with Crippen LogP contribution in [0.15, 0.2) is 58.0 Å². The normalized spacial score (nSPS) is 10.4. The van der Waals surface area contributed by atoms with Crippen LogP contribution in [0, 0.1) is 0 Å². The van der Waals surface area contributed by atoms with Crippen LogP contribution in [0.2, 0.25) is 0 Å². The highest BCUT2D eigenvalue weighted by atomic mass is 16.4. The smallest absolute Gasteiger partial charge is 0.348 e. The molecule has 3 rings (SSSR count). The average molecular weight is 239 g/mol. The predicted octanol–water partition coefficient (Wildman–Crippen LogP) is 2.33. The van der Waals surface area contributed by atoms with E-state index in [1.54, 1.807) is 6.07 Å². The van der Waals surface area contributed by atoms with E-state index in [-0.39, 0.29) is 6.01 Å². The van der Waals surface area contributed by atoms with Gasteiger partial charge < -0.3 is 9.73 Å². The highest BCUT2D eigenvalue weighted by Crippen LogP contribution is 2.14. The lowest BCUT2D eigenvalue weighted by Crippen LogP contribution is -2.05. The van der Waals surface area contributed by atoms with Crippen molar-refractivity contribution in [2.75, 3.05) is 5.32 Å². The summed E-state index contributed by atoms with van der Waals surface area (Å²) in [5.74, 6) is 0. The molecule has 0 radical (unpaired) electrons. The van der Waals surface area contributed by atoms with Crippen molar-refractivity contribution in [3.63, 3.8) is 0 Å². The zero-order chi connectivity index (χ0) is 12.4. The lowest BCUT2D eigenvalue weighted by Gasteiger charge is -2.03. The van der Waals surface area contributed by atoms with Crippen LogP contribution in [0.4, 0.5) is 11.7 Å². The van der Waals surface area contributed by atoms with Crippen LogP contribution in [0.3, 0.4) is 0 Å². The Balaban J connectivity index is 2.06. The fourth-order valence-electron chi connectivity index (χ4n) is 1.62. The second-order valence-corrected chi connectivity index (χ2v) is 3.69. The second kappa shape index (κ2) is 4.29. The van der Waals surface area contributed by atoms with Gasteiger partial charge in [-0.25, -0.2) is 4.79 Å². The monoisotopic (exact) mass is 239 g/mol. The van der Waals surface area contributed by atoms with Gasteiger partial charge in [0.15, 0.2) is 0 Å². The number of aromatic nitrogens is 2. The lowest BCUT2D eigenvalue weighted by atomic mass is 10.3. The van der Waals surface area contributed by atoms with Gasteiger partial charge in [-0.3, -0.25) is 4.98 Å². The summed E-state index contributed by atoms with van der Waals surface area (Å²) in [6.07, 6.45) is 3.06. The molecule has 1 aromatic carbocycles. The number of para-hydroxylation sites is 1. The molecule has 1 N–H and O–H groups in total. The quantitative estimate of drug-likeness (QED) is 0.743. The number of rotatable bonds is 2. The molecule has 2 aromatic heterocycles. The summed E-state index contributed by atoms with van der Waals surface area (Å²) in [5.41, 5.74) is 0.879. The summed E-state index contributed by atoms with van der Waals surface area (Å²) < 4.78 is 5.09.